The zero-order valence-corrected chi connectivity index (χ0v) is 7.63. The minimum atomic E-state index is 0.966. The van der Waals surface area contributed by atoms with Gasteiger partial charge in [0.05, 0.1) is 5.70 Å². The minimum Gasteiger partial charge on any atom is -0.462 e. The van der Waals surface area contributed by atoms with Gasteiger partial charge in [0.2, 0.25) is 0 Å². The molecule has 0 atom stereocenters. The highest BCUT2D eigenvalue weighted by Crippen LogP contribution is 2.19. The first kappa shape index (κ1) is 8.91. The summed E-state index contributed by atoms with van der Waals surface area (Å²) in [5, 5.41) is 3.11. The van der Waals surface area contributed by atoms with E-state index in [1.54, 1.807) is 12.5 Å². The van der Waals surface area contributed by atoms with Gasteiger partial charge in [-0.15, -0.1) is 0 Å². The lowest BCUT2D eigenvalue weighted by Crippen LogP contribution is -2.14. The van der Waals surface area contributed by atoms with Crippen molar-refractivity contribution in [1.82, 2.24) is 5.32 Å². The Kier molecular flexibility index (Phi) is 3.45. The first-order valence-electron chi connectivity index (χ1n) is 4.46. The molecule has 12 heavy (non-hydrogen) atoms. The Labute approximate surface area is 73.6 Å². The zero-order valence-electron chi connectivity index (χ0n) is 7.63. The van der Waals surface area contributed by atoms with E-state index in [0.29, 0.717) is 0 Å². The van der Waals surface area contributed by atoms with E-state index >= 15 is 0 Å². The van der Waals surface area contributed by atoms with Crippen LogP contribution >= 0.6 is 0 Å². The van der Waals surface area contributed by atoms with Crippen molar-refractivity contribution in [2.75, 3.05) is 0 Å². The molecule has 0 radical (unpaired) electrons. The summed E-state index contributed by atoms with van der Waals surface area (Å²) in [6, 6.07) is 0. The molecule has 1 N–H and O–H groups in total. The van der Waals surface area contributed by atoms with Crippen LogP contribution in [0.25, 0.3) is 0 Å². The van der Waals surface area contributed by atoms with Crippen LogP contribution in [0.15, 0.2) is 36.1 Å². The van der Waals surface area contributed by atoms with Crippen LogP contribution < -0.4 is 5.32 Å². The van der Waals surface area contributed by atoms with Gasteiger partial charge in [-0.3, -0.25) is 0 Å². The number of nitrogens with one attached hydrogen (secondary N) is 1. The summed E-state index contributed by atoms with van der Waals surface area (Å²) in [6.45, 7) is 4.00. The molecule has 0 spiro atoms. The summed E-state index contributed by atoms with van der Waals surface area (Å²) >= 11 is 0. The van der Waals surface area contributed by atoms with Gasteiger partial charge < -0.3 is 10.1 Å². The molecule has 0 saturated carbocycles. The van der Waals surface area contributed by atoms with Crippen molar-refractivity contribution in [3.63, 3.8) is 0 Å². The van der Waals surface area contributed by atoms with E-state index in [-0.39, 0.29) is 0 Å². The predicted octanol–water partition coefficient (Wildman–Crippen LogP) is 2.67. The third-order valence-electron chi connectivity index (χ3n) is 1.61. The Hall–Kier alpha value is -1.18. The van der Waals surface area contributed by atoms with Crippen molar-refractivity contribution >= 4 is 0 Å². The maximum absolute atomic E-state index is 5.23. The quantitative estimate of drug-likeness (QED) is 0.595. The highest BCUT2D eigenvalue weighted by Gasteiger charge is 2.10. The van der Waals surface area contributed by atoms with Crippen molar-refractivity contribution < 1.29 is 4.74 Å². The van der Waals surface area contributed by atoms with Gasteiger partial charge in [-0.05, 0) is 18.9 Å². The van der Waals surface area contributed by atoms with Gasteiger partial charge in [0.1, 0.15) is 12.0 Å². The maximum Gasteiger partial charge on any atom is 0.145 e. The van der Waals surface area contributed by atoms with Crippen LogP contribution in [-0.4, -0.2) is 0 Å². The van der Waals surface area contributed by atoms with Crippen LogP contribution in [0.1, 0.15) is 26.7 Å². The number of hydrogen-bond acceptors (Lipinski definition) is 2. The third kappa shape index (κ3) is 1.91. The van der Waals surface area contributed by atoms with E-state index in [1.807, 2.05) is 13.8 Å². The second-order valence-corrected chi connectivity index (χ2v) is 2.33. The number of ether oxygens (including phenoxy) is 1. The van der Waals surface area contributed by atoms with Gasteiger partial charge in [-0.2, -0.15) is 0 Å². The molecule has 0 unspecified atom stereocenters. The molecule has 2 rings (SSSR count). The fourth-order valence-corrected chi connectivity index (χ4v) is 1.13. The van der Waals surface area contributed by atoms with Crippen LogP contribution in [0.2, 0.25) is 0 Å². The van der Waals surface area contributed by atoms with Gasteiger partial charge in [-0.1, -0.05) is 19.9 Å². The minimum absolute atomic E-state index is 0.966. The summed E-state index contributed by atoms with van der Waals surface area (Å²) in [4.78, 5) is 0. The van der Waals surface area contributed by atoms with Crippen LogP contribution in [0.5, 0.6) is 0 Å². The Morgan fingerprint density at radius 3 is 2.75 bits per heavy atom. The molecule has 2 aliphatic rings. The van der Waals surface area contributed by atoms with Crippen molar-refractivity contribution in [2.24, 2.45) is 0 Å². The summed E-state index contributed by atoms with van der Waals surface area (Å²) in [6.07, 6.45) is 9.92. The van der Waals surface area contributed by atoms with Gasteiger partial charge in [0, 0.05) is 6.20 Å². The Balaban J connectivity index is 0.000000336. The Bertz CT molecular complexity index is 202. The average molecular weight is 165 g/mol. The summed E-state index contributed by atoms with van der Waals surface area (Å²) in [5.41, 5.74) is 1.11. The molecule has 2 nitrogen and oxygen atoms in total. The largest absolute Gasteiger partial charge is 0.462 e. The molecule has 2 heteroatoms. The van der Waals surface area contributed by atoms with E-state index in [0.717, 1.165) is 24.3 Å². The van der Waals surface area contributed by atoms with Crippen molar-refractivity contribution in [3.8, 4) is 0 Å². The second-order valence-electron chi connectivity index (χ2n) is 2.33. The smallest absolute Gasteiger partial charge is 0.145 e. The predicted molar refractivity (Wildman–Crippen MR) is 50.1 cm³/mol. The third-order valence-corrected chi connectivity index (χ3v) is 1.61. The zero-order chi connectivity index (χ0) is 8.81. The van der Waals surface area contributed by atoms with Crippen LogP contribution in [-0.2, 0) is 4.74 Å². The second kappa shape index (κ2) is 4.65. The molecule has 0 aromatic rings. The molecule has 0 aromatic carbocycles. The van der Waals surface area contributed by atoms with Crippen LogP contribution in [0, 0.1) is 0 Å². The van der Waals surface area contributed by atoms with Gasteiger partial charge in [-0.25, -0.2) is 0 Å². The maximum atomic E-state index is 5.23. The van der Waals surface area contributed by atoms with Gasteiger partial charge in [0.25, 0.3) is 0 Å². The fraction of sp³-hybridized carbons (Fsp3) is 0.400. The first-order chi connectivity index (χ1) is 5.97. The number of fused-ring (bicyclic) bond motifs is 1. The van der Waals surface area contributed by atoms with E-state index in [4.69, 9.17) is 4.74 Å². The lowest BCUT2D eigenvalue weighted by atomic mass is 10.1. The Morgan fingerprint density at radius 1 is 1.25 bits per heavy atom. The molecule has 0 fully saturated rings. The SMILES string of the molecule is C1=COC2=CCCC=C2N1.CC. The van der Waals surface area contributed by atoms with Crippen LogP contribution in [0.4, 0.5) is 0 Å². The van der Waals surface area contributed by atoms with E-state index < -0.39 is 0 Å². The molecular weight excluding hydrogens is 150 g/mol. The van der Waals surface area contributed by atoms with Gasteiger partial charge >= 0.3 is 0 Å². The molecule has 0 saturated heterocycles. The van der Waals surface area contributed by atoms with Crippen LogP contribution in [0.3, 0.4) is 0 Å². The molecule has 0 amide bonds. The molecule has 1 aliphatic carbocycles. The van der Waals surface area contributed by atoms with Crippen molar-refractivity contribution in [3.05, 3.63) is 36.1 Å². The summed E-state index contributed by atoms with van der Waals surface area (Å²) in [7, 11) is 0. The molecule has 1 aliphatic heterocycles. The lowest BCUT2D eigenvalue weighted by molar-refractivity contribution is 0.337. The number of allylic oxidation sites excluding steroid dienone is 2. The number of rotatable bonds is 0. The lowest BCUT2D eigenvalue weighted by Gasteiger charge is -2.18. The first-order valence-corrected chi connectivity index (χ1v) is 4.46. The average Bonchev–Trinajstić information content (AvgIpc) is 2.21. The molecule has 66 valence electrons. The molecule has 0 bridgehead atoms. The van der Waals surface area contributed by atoms with E-state index in [1.165, 1.54) is 0 Å². The standard InChI is InChI=1S/C8H9NO.C2H6/c1-2-4-8-7(3-1)9-5-6-10-8;1-2/h3-6,9H,1-2H2;1-2H3. The highest BCUT2D eigenvalue weighted by atomic mass is 16.5. The summed E-state index contributed by atoms with van der Waals surface area (Å²) < 4.78 is 5.23. The Morgan fingerprint density at radius 2 is 2.00 bits per heavy atom. The van der Waals surface area contributed by atoms with E-state index in [2.05, 4.69) is 17.5 Å². The molecule has 0 aromatic heterocycles. The monoisotopic (exact) mass is 165 g/mol. The normalized spacial score (nSPS) is 18.5. The van der Waals surface area contributed by atoms with Crippen molar-refractivity contribution in [1.29, 1.82) is 0 Å². The summed E-state index contributed by atoms with van der Waals surface area (Å²) in [5.74, 6) is 0.966. The number of hydrogen-bond donors (Lipinski definition) is 1. The molecular formula is C10H15NO. The van der Waals surface area contributed by atoms with Crippen molar-refractivity contribution in [2.45, 2.75) is 26.7 Å². The topological polar surface area (TPSA) is 21.3 Å². The highest BCUT2D eigenvalue weighted by molar-refractivity contribution is 5.30. The van der Waals surface area contributed by atoms with Gasteiger partial charge in [0.15, 0.2) is 0 Å². The van der Waals surface area contributed by atoms with E-state index in [9.17, 15) is 0 Å². The molecule has 1 heterocycles. The fourth-order valence-electron chi connectivity index (χ4n) is 1.13.